The molecule has 2 N–H and O–H groups in total. The zero-order valence-electron chi connectivity index (χ0n) is 10.6. The van der Waals surface area contributed by atoms with E-state index >= 15 is 0 Å². The van der Waals surface area contributed by atoms with Gasteiger partial charge in [-0.25, -0.2) is 0 Å². The van der Waals surface area contributed by atoms with Gasteiger partial charge in [-0.1, -0.05) is 24.6 Å². The topological polar surface area (TPSA) is 41.1 Å². The minimum atomic E-state index is 0.264. The van der Waals surface area contributed by atoms with Crippen molar-refractivity contribution in [2.75, 3.05) is 18.4 Å². The third-order valence-electron chi connectivity index (χ3n) is 4.21. The lowest BCUT2D eigenvalue weighted by Crippen LogP contribution is -2.35. The first-order chi connectivity index (χ1) is 8.84. The van der Waals surface area contributed by atoms with Gasteiger partial charge in [0.05, 0.1) is 0 Å². The zero-order valence-corrected chi connectivity index (χ0v) is 10.6. The van der Waals surface area contributed by atoms with Gasteiger partial charge in [0.15, 0.2) is 0 Å². The maximum atomic E-state index is 11.7. The number of fused-ring (bicyclic) bond motifs is 1. The fourth-order valence-corrected chi connectivity index (χ4v) is 2.80. The highest BCUT2D eigenvalue weighted by molar-refractivity contribution is 5.79. The Bertz CT molecular complexity index is 440. The Labute approximate surface area is 108 Å². The summed E-state index contributed by atoms with van der Waals surface area (Å²) >= 11 is 0. The summed E-state index contributed by atoms with van der Waals surface area (Å²) in [5, 5.41) is 6.50. The van der Waals surface area contributed by atoms with Crippen LogP contribution in [-0.2, 0) is 4.79 Å². The molecule has 3 heteroatoms. The molecule has 96 valence electrons. The van der Waals surface area contributed by atoms with Crippen molar-refractivity contribution in [1.29, 1.82) is 0 Å². The van der Waals surface area contributed by atoms with Crippen LogP contribution in [0.4, 0.5) is 5.69 Å². The van der Waals surface area contributed by atoms with Crippen LogP contribution in [-0.4, -0.2) is 19.0 Å². The Balaban J connectivity index is 1.48. The number of carbonyl (C=O) groups is 1. The lowest BCUT2D eigenvalue weighted by atomic mass is 9.85. The predicted molar refractivity (Wildman–Crippen MR) is 72.6 cm³/mol. The third kappa shape index (κ3) is 2.22. The van der Waals surface area contributed by atoms with Crippen LogP contribution >= 0.6 is 0 Å². The molecule has 0 spiro atoms. The second-order valence-electron chi connectivity index (χ2n) is 5.37. The van der Waals surface area contributed by atoms with E-state index in [4.69, 9.17) is 0 Å². The number of carbonyl (C=O) groups excluding carboxylic acids is 1. The molecule has 1 aromatic rings. The molecule has 0 radical (unpaired) electrons. The van der Waals surface area contributed by atoms with Crippen LogP contribution in [0.5, 0.6) is 0 Å². The van der Waals surface area contributed by atoms with E-state index in [1.807, 2.05) is 0 Å². The van der Waals surface area contributed by atoms with Gasteiger partial charge in [-0.2, -0.15) is 0 Å². The molecule has 0 bridgehead atoms. The second-order valence-corrected chi connectivity index (χ2v) is 5.37. The van der Waals surface area contributed by atoms with E-state index in [9.17, 15) is 4.79 Å². The van der Waals surface area contributed by atoms with Gasteiger partial charge in [0.25, 0.3) is 0 Å². The standard InChI is InChI=1S/C15H20N2O/c18-15(11-4-3-5-11)16-9-8-12-10-17-14-7-2-1-6-13(12)14/h1-2,6-7,11-12,17H,3-5,8-10H2,(H,16,18). The quantitative estimate of drug-likeness (QED) is 0.854. The molecule has 1 unspecified atom stereocenters. The van der Waals surface area contributed by atoms with Gasteiger partial charge < -0.3 is 10.6 Å². The van der Waals surface area contributed by atoms with E-state index in [2.05, 4.69) is 34.9 Å². The van der Waals surface area contributed by atoms with E-state index in [-0.39, 0.29) is 5.91 Å². The molecule has 1 fully saturated rings. The maximum Gasteiger partial charge on any atom is 0.223 e. The fourth-order valence-electron chi connectivity index (χ4n) is 2.80. The first kappa shape index (κ1) is 11.6. The number of hydrogen-bond donors (Lipinski definition) is 2. The summed E-state index contributed by atoms with van der Waals surface area (Å²) < 4.78 is 0. The van der Waals surface area contributed by atoms with Gasteiger partial charge >= 0.3 is 0 Å². The summed E-state index contributed by atoms with van der Waals surface area (Å²) in [5.41, 5.74) is 2.66. The lowest BCUT2D eigenvalue weighted by molar-refractivity contribution is -0.127. The lowest BCUT2D eigenvalue weighted by Gasteiger charge is -2.24. The molecular weight excluding hydrogens is 224 g/mol. The van der Waals surface area contributed by atoms with Crippen LogP contribution in [0.2, 0.25) is 0 Å². The van der Waals surface area contributed by atoms with Crippen LogP contribution in [0, 0.1) is 5.92 Å². The number of anilines is 1. The molecule has 1 saturated carbocycles. The fraction of sp³-hybridized carbons (Fsp3) is 0.533. The third-order valence-corrected chi connectivity index (χ3v) is 4.21. The number of benzene rings is 1. The Hall–Kier alpha value is -1.51. The van der Waals surface area contributed by atoms with Crippen molar-refractivity contribution >= 4 is 11.6 Å². The van der Waals surface area contributed by atoms with E-state index in [0.717, 1.165) is 32.4 Å². The Morgan fingerprint density at radius 2 is 2.17 bits per heavy atom. The highest BCUT2D eigenvalue weighted by Gasteiger charge is 2.25. The Morgan fingerprint density at radius 1 is 1.33 bits per heavy atom. The molecule has 1 aliphatic carbocycles. The number of amides is 1. The van der Waals surface area contributed by atoms with E-state index in [0.29, 0.717) is 11.8 Å². The molecule has 0 saturated heterocycles. The molecule has 1 aliphatic heterocycles. The number of para-hydroxylation sites is 1. The highest BCUT2D eigenvalue weighted by Crippen LogP contribution is 2.33. The van der Waals surface area contributed by atoms with Crippen LogP contribution in [0.25, 0.3) is 0 Å². The van der Waals surface area contributed by atoms with Crippen molar-refractivity contribution in [1.82, 2.24) is 5.32 Å². The monoisotopic (exact) mass is 244 g/mol. The van der Waals surface area contributed by atoms with Gasteiger partial charge in [0.2, 0.25) is 5.91 Å². The number of rotatable bonds is 4. The summed E-state index contributed by atoms with van der Waals surface area (Å²) in [6, 6.07) is 8.47. The van der Waals surface area contributed by atoms with Crippen molar-refractivity contribution in [3.63, 3.8) is 0 Å². The van der Waals surface area contributed by atoms with Crippen LogP contribution < -0.4 is 10.6 Å². The minimum Gasteiger partial charge on any atom is -0.384 e. The second kappa shape index (κ2) is 5.01. The van der Waals surface area contributed by atoms with Gasteiger partial charge in [0, 0.05) is 30.6 Å². The molecule has 1 aromatic carbocycles. The Kier molecular flexibility index (Phi) is 3.22. The van der Waals surface area contributed by atoms with Crippen molar-refractivity contribution in [3.05, 3.63) is 29.8 Å². The van der Waals surface area contributed by atoms with Crippen molar-refractivity contribution < 1.29 is 4.79 Å². The van der Waals surface area contributed by atoms with Gasteiger partial charge in [0.1, 0.15) is 0 Å². The van der Waals surface area contributed by atoms with Gasteiger partial charge in [-0.15, -0.1) is 0 Å². The molecule has 0 aromatic heterocycles. The first-order valence-electron chi connectivity index (χ1n) is 6.95. The summed E-state index contributed by atoms with van der Waals surface area (Å²) in [5.74, 6) is 1.11. The normalized spacial score (nSPS) is 21.9. The molecule has 3 nitrogen and oxygen atoms in total. The van der Waals surface area contributed by atoms with Gasteiger partial charge in [-0.3, -0.25) is 4.79 Å². The van der Waals surface area contributed by atoms with Crippen LogP contribution in [0.3, 0.4) is 0 Å². The van der Waals surface area contributed by atoms with Crippen LogP contribution in [0.1, 0.15) is 37.2 Å². The zero-order chi connectivity index (χ0) is 12.4. The van der Waals surface area contributed by atoms with Crippen molar-refractivity contribution in [3.8, 4) is 0 Å². The SMILES string of the molecule is O=C(NCCC1CNc2ccccc21)C1CCC1. The average molecular weight is 244 g/mol. The summed E-state index contributed by atoms with van der Waals surface area (Å²) in [7, 11) is 0. The predicted octanol–water partition coefficient (Wildman–Crippen LogP) is 2.50. The molecule has 1 atom stereocenters. The first-order valence-corrected chi connectivity index (χ1v) is 6.95. The average Bonchev–Trinajstić information content (AvgIpc) is 2.71. The van der Waals surface area contributed by atoms with E-state index < -0.39 is 0 Å². The summed E-state index contributed by atoms with van der Waals surface area (Å²) in [6.45, 7) is 1.80. The molecular formula is C15H20N2O. The van der Waals surface area contributed by atoms with Crippen molar-refractivity contribution in [2.24, 2.45) is 5.92 Å². The largest absolute Gasteiger partial charge is 0.384 e. The molecule has 18 heavy (non-hydrogen) atoms. The molecule has 2 aliphatic rings. The van der Waals surface area contributed by atoms with E-state index in [1.165, 1.54) is 17.7 Å². The van der Waals surface area contributed by atoms with Crippen LogP contribution in [0.15, 0.2) is 24.3 Å². The maximum absolute atomic E-state index is 11.7. The number of nitrogens with one attached hydrogen (secondary N) is 2. The molecule has 3 rings (SSSR count). The number of hydrogen-bond acceptors (Lipinski definition) is 2. The van der Waals surface area contributed by atoms with Gasteiger partial charge in [-0.05, 0) is 30.9 Å². The molecule has 1 heterocycles. The smallest absolute Gasteiger partial charge is 0.223 e. The molecule has 1 amide bonds. The summed E-state index contributed by atoms with van der Waals surface area (Å²) in [6.07, 6.45) is 4.42. The van der Waals surface area contributed by atoms with Crippen molar-refractivity contribution in [2.45, 2.75) is 31.6 Å². The highest BCUT2D eigenvalue weighted by atomic mass is 16.1. The Morgan fingerprint density at radius 3 is 2.94 bits per heavy atom. The summed E-state index contributed by atoms with van der Waals surface area (Å²) in [4.78, 5) is 11.7. The minimum absolute atomic E-state index is 0.264. The van der Waals surface area contributed by atoms with E-state index in [1.54, 1.807) is 0 Å².